The van der Waals surface area contributed by atoms with E-state index in [9.17, 15) is 10.1 Å². The summed E-state index contributed by atoms with van der Waals surface area (Å²) in [7, 11) is 0. The van der Waals surface area contributed by atoms with Crippen molar-refractivity contribution in [1.82, 2.24) is 19.7 Å². The number of anilines is 2. The normalized spacial score (nSPS) is 10.3. The molecule has 0 aliphatic rings. The summed E-state index contributed by atoms with van der Waals surface area (Å²) in [6, 6.07) is 2.76. The van der Waals surface area contributed by atoms with Crippen molar-refractivity contribution in [2.45, 2.75) is 20.0 Å². The number of pyridine rings is 1. The number of nitrogen functional groups attached to an aromatic ring is 1. The quantitative estimate of drug-likeness (QED) is 0.394. The third kappa shape index (κ3) is 2.80. The maximum absolute atomic E-state index is 10.9. The first-order valence-electron chi connectivity index (χ1n) is 5.88. The molecule has 0 aliphatic carbocycles. The third-order valence-corrected chi connectivity index (χ3v) is 2.67. The topological polar surface area (TPSA) is 137 Å². The first-order valence-corrected chi connectivity index (χ1v) is 5.88. The number of hydrogen-bond donors (Lipinski definition) is 3. The van der Waals surface area contributed by atoms with Crippen LogP contribution in [0.5, 0.6) is 0 Å². The second-order valence-electron chi connectivity index (χ2n) is 3.85. The molecule has 20 heavy (non-hydrogen) atoms. The predicted octanol–water partition coefficient (Wildman–Crippen LogP) is 0.499. The molecule has 2 rings (SSSR count). The molecule has 0 radical (unpaired) electrons. The fourth-order valence-electron chi connectivity index (χ4n) is 1.65. The Labute approximate surface area is 114 Å². The molecule has 0 saturated heterocycles. The number of nitrogens with zero attached hydrogens (tertiary/aromatic N) is 5. The van der Waals surface area contributed by atoms with Gasteiger partial charge in [-0.3, -0.25) is 10.1 Å². The second kappa shape index (κ2) is 5.93. The molecule has 0 aliphatic heterocycles. The lowest BCUT2D eigenvalue weighted by molar-refractivity contribution is -0.384. The number of rotatable bonds is 6. The summed E-state index contributed by atoms with van der Waals surface area (Å²) in [6.07, 6.45) is 1.59. The van der Waals surface area contributed by atoms with Gasteiger partial charge in [0.2, 0.25) is 5.82 Å². The van der Waals surface area contributed by atoms with Crippen molar-refractivity contribution in [3.63, 3.8) is 0 Å². The minimum atomic E-state index is -0.514. The fourth-order valence-corrected chi connectivity index (χ4v) is 1.65. The summed E-state index contributed by atoms with van der Waals surface area (Å²) in [4.78, 5) is 14.5. The number of aromatic nitrogens is 4. The molecule has 0 amide bonds. The number of nitrogens with one attached hydrogen (secondary N) is 2. The van der Waals surface area contributed by atoms with Gasteiger partial charge in [-0.25, -0.2) is 10.8 Å². The molecule has 0 spiro atoms. The Balaban J connectivity index is 2.21. The van der Waals surface area contributed by atoms with E-state index in [2.05, 4.69) is 25.9 Å². The summed E-state index contributed by atoms with van der Waals surface area (Å²) in [5.74, 6) is 6.36. The maximum Gasteiger partial charge on any atom is 0.311 e. The average molecular weight is 278 g/mol. The third-order valence-electron chi connectivity index (χ3n) is 2.67. The van der Waals surface area contributed by atoms with Crippen LogP contribution in [0.1, 0.15) is 12.7 Å². The molecule has 2 aromatic rings. The summed E-state index contributed by atoms with van der Waals surface area (Å²) in [5, 5.41) is 21.5. The Morgan fingerprint density at radius 1 is 1.50 bits per heavy atom. The average Bonchev–Trinajstić information content (AvgIpc) is 2.91. The molecule has 0 fully saturated rings. The van der Waals surface area contributed by atoms with Crippen molar-refractivity contribution < 1.29 is 4.92 Å². The Hall–Kier alpha value is -2.75. The zero-order valence-electron chi connectivity index (χ0n) is 10.8. The maximum atomic E-state index is 10.9. The van der Waals surface area contributed by atoms with Crippen molar-refractivity contribution in [2.24, 2.45) is 5.84 Å². The number of nitro groups is 1. The fraction of sp³-hybridized carbons (Fsp3) is 0.300. The number of hydrogen-bond acceptors (Lipinski definition) is 8. The van der Waals surface area contributed by atoms with Gasteiger partial charge in [0.25, 0.3) is 0 Å². The highest BCUT2D eigenvalue weighted by molar-refractivity contribution is 5.59. The molecule has 4 N–H and O–H groups in total. The van der Waals surface area contributed by atoms with Gasteiger partial charge in [-0.05, 0) is 13.0 Å². The highest BCUT2D eigenvalue weighted by atomic mass is 16.6. The Morgan fingerprint density at radius 2 is 2.30 bits per heavy atom. The molecule has 10 nitrogen and oxygen atoms in total. The highest BCUT2D eigenvalue weighted by Crippen LogP contribution is 2.23. The molecular formula is C10H14N8O2. The van der Waals surface area contributed by atoms with Crippen LogP contribution < -0.4 is 16.6 Å². The van der Waals surface area contributed by atoms with Gasteiger partial charge in [-0.15, -0.1) is 10.2 Å². The van der Waals surface area contributed by atoms with Gasteiger partial charge in [-0.1, -0.05) is 0 Å². The van der Waals surface area contributed by atoms with Gasteiger partial charge >= 0.3 is 5.69 Å². The number of hydrazine groups is 1. The highest BCUT2D eigenvalue weighted by Gasteiger charge is 2.16. The van der Waals surface area contributed by atoms with Crippen LogP contribution in [0.3, 0.4) is 0 Å². The van der Waals surface area contributed by atoms with Crippen molar-refractivity contribution in [2.75, 3.05) is 10.7 Å². The van der Waals surface area contributed by atoms with Crippen molar-refractivity contribution in [3.8, 4) is 0 Å². The lowest BCUT2D eigenvalue weighted by atomic mass is 10.3. The van der Waals surface area contributed by atoms with E-state index in [-0.39, 0.29) is 18.1 Å². The molecule has 0 atom stereocenters. The van der Waals surface area contributed by atoms with Gasteiger partial charge in [0.15, 0.2) is 5.82 Å². The number of aryl methyl sites for hydroxylation is 1. The minimum Gasteiger partial charge on any atom is -0.357 e. The molecule has 0 bridgehead atoms. The van der Waals surface area contributed by atoms with Gasteiger partial charge in [0.1, 0.15) is 12.1 Å². The molecule has 2 heterocycles. The van der Waals surface area contributed by atoms with Crippen LogP contribution in [0, 0.1) is 10.1 Å². The number of nitrogens with two attached hydrogens (primary N) is 1. The standard InChI is InChI=1S/C10H14N8O2/c1-2-17-6-13-16-9(17)5-12-10-7(18(19)20)3-4-8(14-10)15-11/h3-4,6H,2,5,11H2,1H3,(H2,12,14,15). The zero-order chi connectivity index (χ0) is 14.5. The minimum absolute atomic E-state index is 0.121. The van der Waals surface area contributed by atoms with Crippen molar-refractivity contribution >= 4 is 17.3 Å². The summed E-state index contributed by atoms with van der Waals surface area (Å²) < 4.78 is 1.82. The Morgan fingerprint density at radius 3 is 2.95 bits per heavy atom. The SMILES string of the molecule is CCn1cnnc1CNc1nc(NN)ccc1[N+](=O)[O-]. The van der Waals surface area contributed by atoms with E-state index >= 15 is 0 Å². The summed E-state index contributed by atoms with van der Waals surface area (Å²) in [5.41, 5.74) is 2.21. The van der Waals surface area contributed by atoms with E-state index < -0.39 is 4.92 Å². The van der Waals surface area contributed by atoms with Gasteiger partial charge in [-0.2, -0.15) is 0 Å². The lowest BCUT2D eigenvalue weighted by Gasteiger charge is -2.08. The second-order valence-corrected chi connectivity index (χ2v) is 3.85. The first kappa shape index (κ1) is 13.7. The van der Waals surface area contributed by atoms with Crippen LogP contribution in [0.15, 0.2) is 18.5 Å². The smallest absolute Gasteiger partial charge is 0.311 e. The summed E-state index contributed by atoms with van der Waals surface area (Å²) >= 11 is 0. The van der Waals surface area contributed by atoms with E-state index in [1.807, 2.05) is 11.5 Å². The molecule has 0 aromatic carbocycles. The molecule has 0 saturated carbocycles. The van der Waals surface area contributed by atoms with Gasteiger partial charge in [0, 0.05) is 12.6 Å². The van der Waals surface area contributed by atoms with E-state index in [4.69, 9.17) is 5.84 Å². The van der Waals surface area contributed by atoms with Crippen molar-refractivity contribution in [3.05, 3.63) is 34.4 Å². The lowest BCUT2D eigenvalue weighted by Crippen LogP contribution is -2.13. The molecular weight excluding hydrogens is 264 g/mol. The molecule has 2 aromatic heterocycles. The van der Waals surface area contributed by atoms with Crippen LogP contribution in [0.2, 0.25) is 0 Å². The monoisotopic (exact) mass is 278 g/mol. The van der Waals surface area contributed by atoms with Crippen LogP contribution in [0.25, 0.3) is 0 Å². The van der Waals surface area contributed by atoms with E-state index in [0.29, 0.717) is 18.2 Å². The molecule has 10 heteroatoms. The van der Waals surface area contributed by atoms with Crippen LogP contribution in [-0.4, -0.2) is 24.7 Å². The van der Waals surface area contributed by atoms with E-state index in [1.165, 1.54) is 12.1 Å². The van der Waals surface area contributed by atoms with Gasteiger partial charge < -0.3 is 15.3 Å². The van der Waals surface area contributed by atoms with Crippen LogP contribution in [-0.2, 0) is 13.1 Å². The van der Waals surface area contributed by atoms with Crippen molar-refractivity contribution in [1.29, 1.82) is 0 Å². The van der Waals surface area contributed by atoms with Gasteiger partial charge in [0.05, 0.1) is 11.5 Å². The Bertz CT molecular complexity index is 611. The predicted molar refractivity (Wildman–Crippen MR) is 71.7 cm³/mol. The van der Waals surface area contributed by atoms with Crippen LogP contribution in [0.4, 0.5) is 17.3 Å². The van der Waals surface area contributed by atoms with E-state index in [1.54, 1.807) is 6.33 Å². The molecule has 106 valence electrons. The Kier molecular flexibility index (Phi) is 4.05. The van der Waals surface area contributed by atoms with Crippen LogP contribution >= 0.6 is 0 Å². The molecule has 0 unspecified atom stereocenters. The summed E-state index contributed by atoms with van der Waals surface area (Å²) in [6.45, 7) is 2.94. The van der Waals surface area contributed by atoms with E-state index in [0.717, 1.165) is 0 Å². The largest absolute Gasteiger partial charge is 0.357 e. The zero-order valence-corrected chi connectivity index (χ0v) is 10.8. The first-order chi connectivity index (χ1) is 9.65.